The number of nitrogens with zero attached hydrogens (tertiary/aromatic N) is 3. The molecule has 6 heteroatoms. The summed E-state index contributed by atoms with van der Waals surface area (Å²) >= 11 is 1.52. The van der Waals surface area contributed by atoms with Crippen LogP contribution in [0.1, 0.15) is 11.1 Å². The van der Waals surface area contributed by atoms with Crippen molar-refractivity contribution < 1.29 is 4.79 Å². The number of nitrogens with one attached hydrogen (secondary N) is 1. The van der Waals surface area contributed by atoms with Crippen molar-refractivity contribution in [2.75, 3.05) is 5.32 Å². The first-order valence-corrected chi connectivity index (χ1v) is 8.59. The number of hydrogen-bond acceptors (Lipinski definition) is 4. The predicted octanol–water partition coefficient (Wildman–Crippen LogP) is 3.93. The van der Waals surface area contributed by atoms with Gasteiger partial charge in [0.1, 0.15) is 6.33 Å². The lowest BCUT2D eigenvalue weighted by molar-refractivity contribution is -0.111. The van der Waals surface area contributed by atoms with E-state index in [1.54, 1.807) is 12.4 Å². The van der Waals surface area contributed by atoms with Crippen molar-refractivity contribution in [3.8, 4) is 0 Å². The Morgan fingerprint density at radius 1 is 1.12 bits per heavy atom. The van der Waals surface area contributed by atoms with Crippen molar-refractivity contribution in [2.45, 2.75) is 17.0 Å². The molecular formula is C19H18N4OS. The van der Waals surface area contributed by atoms with Crippen molar-refractivity contribution in [1.29, 1.82) is 0 Å². The molecule has 0 aliphatic rings. The summed E-state index contributed by atoms with van der Waals surface area (Å²) in [4.78, 5) is 13.0. The van der Waals surface area contributed by atoms with E-state index in [9.17, 15) is 4.79 Å². The van der Waals surface area contributed by atoms with Crippen LogP contribution in [0.15, 0.2) is 71.0 Å². The minimum absolute atomic E-state index is 0.158. The summed E-state index contributed by atoms with van der Waals surface area (Å²) in [6.07, 6.45) is 5.00. The largest absolute Gasteiger partial charge is 0.323 e. The summed E-state index contributed by atoms with van der Waals surface area (Å²) in [5.74, 6) is -0.158. The maximum absolute atomic E-state index is 12.0. The summed E-state index contributed by atoms with van der Waals surface area (Å²) in [6.45, 7) is 2.03. The Bertz CT molecular complexity index is 883. The Hall–Kier alpha value is -2.86. The Kier molecular flexibility index (Phi) is 5.30. The molecule has 2 aromatic carbocycles. The van der Waals surface area contributed by atoms with E-state index in [-0.39, 0.29) is 5.91 Å². The molecule has 0 aliphatic carbocycles. The summed E-state index contributed by atoms with van der Waals surface area (Å²) < 4.78 is 1.86. The second-order valence-electron chi connectivity index (χ2n) is 5.58. The molecule has 0 saturated carbocycles. The lowest BCUT2D eigenvalue weighted by Crippen LogP contribution is -2.07. The molecule has 1 aromatic heterocycles. The second kappa shape index (κ2) is 7.81. The van der Waals surface area contributed by atoms with Gasteiger partial charge in [-0.3, -0.25) is 4.79 Å². The predicted molar refractivity (Wildman–Crippen MR) is 100 cm³/mol. The molecule has 0 bridgehead atoms. The van der Waals surface area contributed by atoms with E-state index in [1.807, 2.05) is 67.1 Å². The van der Waals surface area contributed by atoms with Gasteiger partial charge in [0.15, 0.2) is 5.16 Å². The van der Waals surface area contributed by atoms with E-state index in [2.05, 4.69) is 15.5 Å². The molecule has 0 saturated heterocycles. The average molecular weight is 350 g/mol. The Labute approximate surface area is 150 Å². The molecule has 25 heavy (non-hydrogen) atoms. The van der Waals surface area contributed by atoms with Gasteiger partial charge in [-0.2, -0.15) is 0 Å². The monoisotopic (exact) mass is 350 g/mol. The van der Waals surface area contributed by atoms with Gasteiger partial charge in [-0.25, -0.2) is 0 Å². The van der Waals surface area contributed by atoms with Crippen molar-refractivity contribution in [2.24, 2.45) is 7.05 Å². The molecule has 5 nitrogen and oxygen atoms in total. The number of aromatic nitrogens is 3. The Balaban J connectivity index is 1.58. The molecule has 1 amide bonds. The van der Waals surface area contributed by atoms with Gasteiger partial charge in [-0.15, -0.1) is 10.2 Å². The van der Waals surface area contributed by atoms with Gasteiger partial charge in [-0.1, -0.05) is 29.8 Å². The van der Waals surface area contributed by atoms with E-state index in [1.165, 1.54) is 23.4 Å². The van der Waals surface area contributed by atoms with Gasteiger partial charge in [0.25, 0.3) is 0 Å². The summed E-state index contributed by atoms with van der Waals surface area (Å²) in [7, 11) is 1.90. The standard InChI is InChI=1S/C19H18N4OS/c1-14-3-5-15(6-4-14)7-12-18(24)21-16-8-10-17(11-9-16)25-19-22-20-13-23(19)2/h3-13H,1-2H3,(H,21,24)/b12-7+. The molecule has 0 spiro atoms. The van der Waals surface area contributed by atoms with Gasteiger partial charge >= 0.3 is 0 Å². The molecule has 0 atom stereocenters. The molecule has 1 N–H and O–H groups in total. The van der Waals surface area contributed by atoms with Crippen LogP contribution in [0.2, 0.25) is 0 Å². The van der Waals surface area contributed by atoms with Crippen LogP contribution >= 0.6 is 11.8 Å². The van der Waals surface area contributed by atoms with Crippen molar-refractivity contribution in [3.05, 3.63) is 72.1 Å². The van der Waals surface area contributed by atoms with Crippen LogP contribution in [0, 0.1) is 6.92 Å². The maximum Gasteiger partial charge on any atom is 0.248 e. The molecule has 0 fully saturated rings. The number of carbonyl (C=O) groups is 1. The molecule has 3 rings (SSSR count). The van der Waals surface area contributed by atoms with Gasteiger partial charge in [0, 0.05) is 23.7 Å². The van der Waals surface area contributed by atoms with E-state index in [0.717, 1.165) is 21.3 Å². The molecule has 0 radical (unpaired) electrons. The third kappa shape index (κ3) is 4.81. The van der Waals surface area contributed by atoms with E-state index in [4.69, 9.17) is 0 Å². The summed E-state index contributed by atoms with van der Waals surface area (Å²) in [5, 5.41) is 11.6. The highest BCUT2D eigenvalue weighted by Gasteiger charge is 2.04. The number of amides is 1. The van der Waals surface area contributed by atoms with Gasteiger partial charge in [-0.05, 0) is 54.6 Å². The number of hydrogen-bond donors (Lipinski definition) is 1. The fraction of sp³-hybridized carbons (Fsp3) is 0.105. The topological polar surface area (TPSA) is 59.8 Å². The fourth-order valence-corrected chi connectivity index (χ4v) is 2.87. The molecule has 1 heterocycles. The van der Waals surface area contributed by atoms with Gasteiger partial charge in [0.2, 0.25) is 5.91 Å². The quantitative estimate of drug-likeness (QED) is 0.709. The van der Waals surface area contributed by atoms with Crippen molar-refractivity contribution in [1.82, 2.24) is 14.8 Å². The number of rotatable bonds is 5. The highest BCUT2D eigenvalue weighted by Crippen LogP contribution is 2.26. The SMILES string of the molecule is Cc1ccc(/C=C/C(=O)Nc2ccc(Sc3nncn3C)cc2)cc1. The first-order valence-electron chi connectivity index (χ1n) is 7.78. The van der Waals surface area contributed by atoms with E-state index < -0.39 is 0 Å². The number of anilines is 1. The average Bonchev–Trinajstić information content (AvgIpc) is 3.01. The second-order valence-corrected chi connectivity index (χ2v) is 6.62. The molecule has 3 aromatic rings. The van der Waals surface area contributed by atoms with Crippen molar-refractivity contribution in [3.63, 3.8) is 0 Å². The minimum atomic E-state index is -0.158. The highest BCUT2D eigenvalue weighted by molar-refractivity contribution is 7.99. The van der Waals surface area contributed by atoms with Crippen LogP contribution in [0.3, 0.4) is 0 Å². The number of aryl methyl sites for hydroxylation is 2. The minimum Gasteiger partial charge on any atom is -0.323 e. The maximum atomic E-state index is 12.0. The first kappa shape index (κ1) is 17.0. The zero-order valence-electron chi connectivity index (χ0n) is 14.0. The summed E-state index contributed by atoms with van der Waals surface area (Å²) in [6, 6.07) is 15.6. The first-order chi connectivity index (χ1) is 12.1. The van der Waals surface area contributed by atoms with Crippen LogP contribution in [0.4, 0.5) is 5.69 Å². The Morgan fingerprint density at radius 3 is 2.48 bits per heavy atom. The van der Waals surface area contributed by atoms with E-state index >= 15 is 0 Å². The fourth-order valence-electron chi connectivity index (χ4n) is 2.11. The molecular weight excluding hydrogens is 332 g/mol. The zero-order valence-corrected chi connectivity index (χ0v) is 14.8. The lowest BCUT2D eigenvalue weighted by atomic mass is 10.1. The smallest absolute Gasteiger partial charge is 0.248 e. The third-order valence-electron chi connectivity index (χ3n) is 3.51. The van der Waals surface area contributed by atoms with Crippen LogP contribution in [-0.2, 0) is 11.8 Å². The Morgan fingerprint density at radius 2 is 1.84 bits per heavy atom. The number of benzene rings is 2. The lowest BCUT2D eigenvalue weighted by Gasteiger charge is -2.04. The van der Waals surface area contributed by atoms with Crippen LogP contribution in [0.5, 0.6) is 0 Å². The summed E-state index contributed by atoms with van der Waals surface area (Å²) in [5.41, 5.74) is 2.94. The van der Waals surface area contributed by atoms with Crippen LogP contribution in [0.25, 0.3) is 6.08 Å². The highest BCUT2D eigenvalue weighted by atomic mass is 32.2. The van der Waals surface area contributed by atoms with Crippen molar-refractivity contribution >= 4 is 29.4 Å². The van der Waals surface area contributed by atoms with Gasteiger partial charge in [0.05, 0.1) is 0 Å². The van der Waals surface area contributed by atoms with Crippen LogP contribution in [-0.4, -0.2) is 20.7 Å². The van der Waals surface area contributed by atoms with Crippen LogP contribution < -0.4 is 5.32 Å². The zero-order chi connectivity index (χ0) is 17.6. The number of carbonyl (C=O) groups excluding carboxylic acids is 1. The molecule has 126 valence electrons. The molecule has 0 unspecified atom stereocenters. The third-order valence-corrected chi connectivity index (χ3v) is 4.57. The van der Waals surface area contributed by atoms with E-state index in [0.29, 0.717) is 0 Å². The normalized spacial score (nSPS) is 11.0. The van der Waals surface area contributed by atoms with Gasteiger partial charge < -0.3 is 9.88 Å². The molecule has 0 aliphatic heterocycles.